The SMILES string of the molecule is CC(C)(C)OC(=O)N[C@](C)(CCc1ccc(O[Si](C)(C)C(C)(C)C)cc1)CO[Si](C)(C)C(C)(C)C. The quantitative estimate of drug-likeness (QED) is 0.331. The molecule has 1 rings (SSSR count). The van der Waals surface area contributed by atoms with E-state index in [0.29, 0.717) is 6.61 Å². The number of carbonyl (C=O) groups is 1. The molecule has 0 saturated heterocycles. The van der Waals surface area contributed by atoms with Crippen LogP contribution < -0.4 is 9.74 Å². The largest absolute Gasteiger partial charge is 0.544 e. The van der Waals surface area contributed by atoms with E-state index >= 15 is 0 Å². The van der Waals surface area contributed by atoms with E-state index < -0.39 is 33.9 Å². The van der Waals surface area contributed by atoms with Crippen molar-refractivity contribution in [3.05, 3.63) is 29.8 Å². The molecule has 0 aliphatic carbocycles. The zero-order valence-electron chi connectivity index (χ0n) is 25.1. The van der Waals surface area contributed by atoms with Gasteiger partial charge in [-0.1, -0.05) is 53.7 Å². The number of ether oxygens (including phenoxy) is 1. The Morgan fingerprint density at radius 3 is 1.71 bits per heavy atom. The summed E-state index contributed by atoms with van der Waals surface area (Å²) in [6.45, 7) is 30.6. The number of hydrogen-bond acceptors (Lipinski definition) is 4. The molecular formula is C28H53NO4Si2. The minimum atomic E-state index is -1.97. The van der Waals surface area contributed by atoms with E-state index in [1.165, 1.54) is 5.56 Å². The molecule has 0 saturated carbocycles. The van der Waals surface area contributed by atoms with Crippen LogP contribution in [0.2, 0.25) is 36.3 Å². The number of aryl methyl sites for hydroxylation is 1. The fraction of sp³-hybridized carbons (Fsp3) is 0.750. The molecular weight excluding hydrogens is 470 g/mol. The van der Waals surface area contributed by atoms with E-state index in [2.05, 4.69) is 104 Å². The maximum atomic E-state index is 12.7. The number of benzene rings is 1. The van der Waals surface area contributed by atoms with Gasteiger partial charge in [-0.25, -0.2) is 4.79 Å². The molecule has 0 aromatic heterocycles. The van der Waals surface area contributed by atoms with Gasteiger partial charge in [-0.2, -0.15) is 0 Å². The molecule has 1 N–H and O–H groups in total. The van der Waals surface area contributed by atoms with Gasteiger partial charge in [0.15, 0.2) is 8.32 Å². The molecule has 0 fully saturated rings. The smallest absolute Gasteiger partial charge is 0.408 e. The average Bonchev–Trinajstić information content (AvgIpc) is 2.62. The van der Waals surface area contributed by atoms with Crippen molar-refractivity contribution in [1.29, 1.82) is 0 Å². The summed E-state index contributed by atoms with van der Waals surface area (Å²) in [5.74, 6) is 0.927. The minimum Gasteiger partial charge on any atom is -0.544 e. The molecule has 1 aromatic carbocycles. The highest BCUT2D eigenvalue weighted by Crippen LogP contribution is 2.38. The standard InChI is InChI=1S/C28H53NO4Si2/c1-25(2,3)32-24(30)29-28(10,21-31-34(11,12)26(4,5)6)20-19-22-15-17-23(18-16-22)33-35(13,14)27(7,8)9/h15-18H,19-21H2,1-14H3,(H,29,30)/t28-/m1/s1. The normalized spacial score (nSPS) is 15.4. The van der Waals surface area contributed by atoms with Gasteiger partial charge >= 0.3 is 6.09 Å². The number of rotatable bonds is 9. The first-order valence-corrected chi connectivity index (χ1v) is 18.7. The zero-order chi connectivity index (χ0) is 27.5. The van der Waals surface area contributed by atoms with Crippen LogP contribution in [0.25, 0.3) is 0 Å². The van der Waals surface area contributed by atoms with Gasteiger partial charge < -0.3 is 18.9 Å². The number of alkyl carbamates (subject to hydrolysis) is 1. The topological polar surface area (TPSA) is 56.8 Å². The van der Waals surface area contributed by atoms with Crippen LogP contribution in [0.15, 0.2) is 24.3 Å². The Balaban J connectivity index is 2.98. The van der Waals surface area contributed by atoms with Crippen LogP contribution in [0.1, 0.15) is 81.2 Å². The molecule has 35 heavy (non-hydrogen) atoms. The Morgan fingerprint density at radius 2 is 1.29 bits per heavy atom. The zero-order valence-corrected chi connectivity index (χ0v) is 27.1. The van der Waals surface area contributed by atoms with Crippen molar-refractivity contribution >= 4 is 22.7 Å². The first-order valence-electron chi connectivity index (χ1n) is 12.9. The maximum Gasteiger partial charge on any atom is 0.408 e. The molecule has 1 amide bonds. The predicted molar refractivity (Wildman–Crippen MR) is 154 cm³/mol. The van der Waals surface area contributed by atoms with Gasteiger partial charge in [0.1, 0.15) is 11.4 Å². The lowest BCUT2D eigenvalue weighted by Crippen LogP contribution is -2.54. The summed E-state index contributed by atoms with van der Waals surface area (Å²) in [7, 11) is -3.84. The molecule has 1 atom stereocenters. The molecule has 0 heterocycles. The maximum absolute atomic E-state index is 12.7. The van der Waals surface area contributed by atoms with Gasteiger partial charge in [-0.05, 0) is 94.5 Å². The second kappa shape index (κ2) is 11.0. The van der Waals surface area contributed by atoms with Crippen molar-refractivity contribution in [3.63, 3.8) is 0 Å². The molecule has 7 heteroatoms. The lowest BCUT2D eigenvalue weighted by molar-refractivity contribution is 0.0413. The molecule has 0 radical (unpaired) electrons. The lowest BCUT2D eigenvalue weighted by atomic mass is 9.94. The van der Waals surface area contributed by atoms with Crippen molar-refractivity contribution in [2.45, 2.75) is 129 Å². The molecule has 0 unspecified atom stereocenters. The Labute approximate surface area is 218 Å². The highest BCUT2D eigenvalue weighted by Gasteiger charge is 2.40. The highest BCUT2D eigenvalue weighted by molar-refractivity contribution is 6.75. The number of nitrogens with one attached hydrogen (secondary N) is 1. The summed E-state index contributed by atoms with van der Waals surface area (Å²) in [5.41, 5.74) is 0.108. The average molecular weight is 524 g/mol. The van der Waals surface area contributed by atoms with E-state index in [1.54, 1.807) is 0 Å². The first kappa shape index (κ1) is 31.7. The number of hydrogen-bond donors (Lipinski definition) is 1. The minimum absolute atomic E-state index is 0.0970. The van der Waals surface area contributed by atoms with Crippen LogP contribution in [0.4, 0.5) is 4.79 Å². The van der Waals surface area contributed by atoms with Crippen LogP contribution in [-0.2, 0) is 15.6 Å². The van der Waals surface area contributed by atoms with E-state index in [4.69, 9.17) is 13.6 Å². The monoisotopic (exact) mass is 523 g/mol. The third-order valence-corrected chi connectivity index (χ3v) is 16.3. The second-order valence-electron chi connectivity index (χ2n) is 14.2. The molecule has 0 spiro atoms. The molecule has 1 aromatic rings. The van der Waals surface area contributed by atoms with Gasteiger partial charge in [-0.15, -0.1) is 0 Å². The number of amides is 1. The van der Waals surface area contributed by atoms with Crippen LogP contribution in [0.5, 0.6) is 5.75 Å². The van der Waals surface area contributed by atoms with Gasteiger partial charge in [0.2, 0.25) is 8.32 Å². The first-order chi connectivity index (χ1) is 15.5. The Morgan fingerprint density at radius 1 is 0.800 bits per heavy atom. The summed E-state index contributed by atoms with van der Waals surface area (Å²) in [4.78, 5) is 12.7. The predicted octanol–water partition coefficient (Wildman–Crippen LogP) is 8.31. The summed E-state index contributed by atoms with van der Waals surface area (Å²) < 4.78 is 18.5. The van der Waals surface area contributed by atoms with Gasteiger partial charge in [0, 0.05) is 0 Å². The van der Waals surface area contributed by atoms with E-state index in [1.807, 2.05) is 20.8 Å². The third kappa shape index (κ3) is 10.3. The Bertz CT molecular complexity index is 830. The van der Waals surface area contributed by atoms with Crippen molar-refractivity contribution in [2.24, 2.45) is 0 Å². The highest BCUT2D eigenvalue weighted by atomic mass is 28.4. The van der Waals surface area contributed by atoms with Gasteiger partial charge in [0.25, 0.3) is 0 Å². The van der Waals surface area contributed by atoms with E-state index in [0.717, 1.165) is 18.6 Å². The Hall–Kier alpha value is -1.32. The molecule has 0 bridgehead atoms. The van der Waals surface area contributed by atoms with Crippen molar-refractivity contribution in [1.82, 2.24) is 5.32 Å². The van der Waals surface area contributed by atoms with Crippen molar-refractivity contribution in [2.75, 3.05) is 6.61 Å². The van der Waals surface area contributed by atoms with Gasteiger partial charge in [0.05, 0.1) is 12.1 Å². The van der Waals surface area contributed by atoms with Crippen LogP contribution in [0, 0.1) is 0 Å². The van der Waals surface area contributed by atoms with Crippen LogP contribution >= 0.6 is 0 Å². The molecule has 202 valence electrons. The molecule has 5 nitrogen and oxygen atoms in total. The summed E-state index contributed by atoms with van der Waals surface area (Å²) in [6.07, 6.45) is 1.15. The molecule has 0 aliphatic rings. The van der Waals surface area contributed by atoms with Gasteiger partial charge in [-0.3, -0.25) is 0 Å². The molecule has 0 aliphatic heterocycles. The fourth-order valence-corrected chi connectivity index (χ4v) is 5.01. The second-order valence-corrected chi connectivity index (χ2v) is 23.8. The van der Waals surface area contributed by atoms with E-state index in [9.17, 15) is 4.79 Å². The Kier molecular flexibility index (Phi) is 9.94. The number of carbonyl (C=O) groups excluding carboxylic acids is 1. The van der Waals surface area contributed by atoms with Crippen LogP contribution in [-0.4, -0.2) is 40.5 Å². The summed E-state index contributed by atoms with van der Waals surface area (Å²) in [6, 6.07) is 8.40. The summed E-state index contributed by atoms with van der Waals surface area (Å²) in [5, 5.41) is 3.37. The summed E-state index contributed by atoms with van der Waals surface area (Å²) >= 11 is 0. The van der Waals surface area contributed by atoms with E-state index in [-0.39, 0.29) is 10.1 Å². The van der Waals surface area contributed by atoms with Crippen molar-refractivity contribution in [3.8, 4) is 5.75 Å². The van der Waals surface area contributed by atoms with Crippen molar-refractivity contribution < 1.29 is 18.4 Å². The lowest BCUT2D eigenvalue weighted by Gasteiger charge is -2.40. The van der Waals surface area contributed by atoms with Crippen LogP contribution in [0.3, 0.4) is 0 Å². The third-order valence-electron chi connectivity index (χ3n) is 7.43. The fourth-order valence-electron chi connectivity index (χ4n) is 2.87.